The Morgan fingerprint density at radius 1 is 1.00 bits per heavy atom. The van der Waals surface area contributed by atoms with Gasteiger partial charge in [-0.2, -0.15) is 0 Å². The van der Waals surface area contributed by atoms with E-state index in [4.69, 9.17) is 11.6 Å². The summed E-state index contributed by atoms with van der Waals surface area (Å²) in [6.07, 6.45) is 3.08. The number of thioether (sulfide) groups is 1. The second-order valence-corrected chi connectivity index (χ2v) is 7.04. The molecule has 0 saturated carbocycles. The summed E-state index contributed by atoms with van der Waals surface area (Å²) < 4.78 is 29.3. The van der Waals surface area contributed by atoms with Crippen LogP contribution in [0.5, 0.6) is 0 Å². The van der Waals surface area contributed by atoms with Crippen molar-refractivity contribution in [1.29, 1.82) is 0 Å². The Hall–Kier alpha value is -2.71. The van der Waals surface area contributed by atoms with Crippen LogP contribution in [0.1, 0.15) is 5.56 Å². The van der Waals surface area contributed by atoms with E-state index in [0.717, 1.165) is 17.7 Å². The van der Waals surface area contributed by atoms with Crippen LogP contribution in [-0.4, -0.2) is 19.2 Å². The minimum absolute atomic E-state index is 0.0980. The third kappa shape index (κ3) is 3.45. The fraction of sp³-hybridized carbons (Fsp3) is 0.0556. The SMILES string of the molecule is O=c1c2nnc(SCc3ccc(Cl)cc3)n2ccn1-c1ccc(F)c(F)c1. The molecule has 0 N–H and O–H groups in total. The van der Waals surface area contributed by atoms with Gasteiger partial charge in [0, 0.05) is 29.2 Å². The minimum atomic E-state index is -1.03. The number of nitrogens with zero attached hydrogens (tertiary/aromatic N) is 4. The van der Waals surface area contributed by atoms with Gasteiger partial charge in [-0.3, -0.25) is 13.8 Å². The number of hydrogen-bond acceptors (Lipinski definition) is 4. The van der Waals surface area contributed by atoms with Crippen LogP contribution in [-0.2, 0) is 5.75 Å². The molecule has 0 saturated heterocycles. The Balaban J connectivity index is 1.66. The molecule has 4 rings (SSSR count). The number of halogens is 3. The first-order chi connectivity index (χ1) is 13.0. The molecule has 0 atom stereocenters. The van der Waals surface area contributed by atoms with Crippen molar-refractivity contribution in [3.05, 3.63) is 87.4 Å². The molecule has 0 amide bonds. The summed E-state index contributed by atoms with van der Waals surface area (Å²) in [5, 5.41) is 9.21. The molecule has 27 heavy (non-hydrogen) atoms. The highest BCUT2D eigenvalue weighted by Gasteiger charge is 2.13. The van der Waals surface area contributed by atoms with Gasteiger partial charge in [0.1, 0.15) is 0 Å². The van der Waals surface area contributed by atoms with Gasteiger partial charge in [-0.15, -0.1) is 10.2 Å². The van der Waals surface area contributed by atoms with Gasteiger partial charge in [0.25, 0.3) is 0 Å². The minimum Gasteiger partial charge on any atom is -0.279 e. The van der Waals surface area contributed by atoms with Crippen molar-refractivity contribution in [1.82, 2.24) is 19.2 Å². The lowest BCUT2D eigenvalue weighted by Gasteiger charge is -2.07. The van der Waals surface area contributed by atoms with E-state index < -0.39 is 17.2 Å². The lowest BCUT2D eigenvalue weighted by molar-refractivity contribution is 0.508. The van der Waals surface area contributed by atoms with Crippen molar-refractivity contribution < 1.29 is 8.78 Å². The number of aromatic nitrogens is 4. The maximum atomic E-state index is 13.5. The summed E-state index contributed by atoms with van der Waals surface area (Å²) in [5.41, 5.74) is 0.881. The highest BCUT2D eigenvalue weighted by molar-refractivity contribution is 7.98. The van der Waals surface area contributed by atoms with Gasteiger partial charge in [-0.05, 0) is 29.8 Å². The van der Waals surface area contributed by atoms with Crippen LogP contribution >= 0.6 is 23.4 Å². The van der Waals surface area contributed by atoms with E-state index in [1.165, 1.54) is 28.6 Å². The highest BCUT2D eigenvalue weighted by atomic mass is 35.5. The van der Waals surface area contributed by atoms with Crippen LogP contribution in [0.15, 0.2) is 64.8 Å². The third-order valence-corrected chi connectivity index (χ3v) is 5.17. The maximum absolute atomic E-state index is 13.5. The van der Waals surface area contributed by atoms with Gasteiger partial charge in [-0.1, -0.05) is 35.5 Å². The molecule has 0 aliphatic heterocycles. The van der Waals surface area contributed by atoms with E-state index in [9.17, 15) is 13.6 Å². The summed E-state index contributed by atoms with van der Waals surface area (Å²) >= 11 is 7.29. The molecule has 0 aliphatic carbocycles. The van der Waals surface area contributed by atoms with Gasteiger partial charge >= 0.3 is 5.56 Å². The van der Waals surface area contributed by atoms with Gasteiger partial charge < -0.3 is 0 Å². The fourth-order valence-corrected chi connectivity index (χ4v) is 3.53. The predicted octanol–water partition coefficient (Wildman–Crippen LogP) is 4.10. The Bertz CT molecular complexity index is 1190. The van der Waals surface area contributed by atoms with Crippen molar-refractivity contribution in [2.24, 2.45) is 0 Å². The first-order valence-electron chi connectivity index (χ1n) is 7.82. The molecule has 2 heterocycles. The van der Waals surface area contributed by atoms with Gasteiger partial charge in [0.15, 0.2) is 16.8 Å². The molecular formula is C18H11ClF2N4OS. The summed E-state index contributed by atoms with van der Waals surface area (Å²) in [4.78, 5) is 12.6. The number of benzene rings is 2. The molecule has 0 aliphatic rings. The third-order valence-electron chi connectivity index (χ3n) is 3.90. The van der Waals surface area contributed by atoms with E-state index in [2.05, 4.69) is 10.2 Å². The van der Waals surface area contributed by atoms with Crippen LogP contribution in [0.4, 0.5) is 8.78 Å². The molecule has 2 aromatic carbocycles. The second kappa shape index (κ2) is 7.13. The Labute approximate surface area is 161 Å². The fourth-order valence-electron chi connectivity index (χ4n) is 2.53. The largest absolute Gasteiger partial charge is 0.300 e. The van der Waals surface area contributed by atoms with Crippen molar-refractivity contribution in [2.45, 2.75) is 10.9 Å². The van der Waals surface area contributed by atoms with Gasteiger partial charge in [0.05, 0.1) is 5.69 Å². The van der Waals surface area contributed by atoms with Crippen LogP contribution in [0.3, 0.4) is 0 Å². The lowest BCUT2D eigenvalue weighted by Crippen LogP contribution is -2.20. The molecule has 0 fully saturated rings. The smallest absolute Gasteiger partial charge is 0.279 e. The van der Waals surface area contributed by atoms with Crippen LogP contribution in [0, 0.1) is 11.6 Å². The molecule has 4 aromatic rings. The molecule has 0 radical (unpaired) electrons. The normalized spacial score (nSPS) is 11.2. The number of hydrogen-bond donors (Lipinski definition) is 0. The topological polar surface area (TPSA) is 52.2 Å². The zero-order chi connectivity index (χ0) is 19.0. The monoisotopic (exact) mass is 404 g/mol. The summed E-state index contributed by atoms with van der Waals surface area (Å²) in [5.74, 6) is -1.37. The molecule has 0 unspecified atom stereocenters. The maximum Gasteiger partial charge on any atom is 0.300 e. The molecule has 136 valence electrons. The molecule has 5 nitrogen and oxygen atoms in total. The van der Waals surface area contributed by atoms with Crippen LogP contribution < -0.4 is 5.56 Å². The van der Waals surface area contributed by atoms with E-state index in [-0.39, 0.29) is 11.3 Å². The number of rotatable bonds is 4. The first kappa shape index (κ1) is 17.7. The van der Waals surface area contributed by atoms with E-state index in [1.54, 1.807) is 22.7 Å². The predicted molar refractivity (Wildman–Crippen MR) is 99.5 cm³/mol. The summed E-state index contributed by atoms with van der Waals surface area (Å²) in [7, 11) is 0. The standard InChI is InChI=1S/C18H11ClF2N4OS/c19-12-3-1-11(2-4-12)10-27-18-23-22-16-17(26)24(7-8-25(16)18)13-5-6-14(20)15(21)9-13/h1-9H,10H2. The molecular weight excluding hydrogens is 394 g/mol. The zero-order valence-electron chi connectivity index (χ0n) is 13.6. The molecule has 0 bridgehead atoms. The highest BCUT2D eigenvalue weighted by Crippen LogP contribution is 2.22. The molecule has 0 spiro atoms. The first-order valence-corrected chi connectivity index (χ1v) is 9.18. The second-order valence-electron chi connectivity index (χ2n) is 5.66. The van der Waals surface area contributed by atoms with Crippen LogP contribution in [0.25, 0.3) is 11.3 Å². The van der Waals surface area contributed by atoms with Crippen LogP contribution in [0.2, 0.25) is 5.02 Å². The lowest BCUT2D eigenvalue weighted by atomic mass is 10.2. The molecule has 2 aromatic heterocycles. The van der Waals surface area contributed by atoms with Crippen molar-refractivity contribution in [3.8, 4) is 5.69 Å². The average molecular weight is 405 g/mol. The Morgan fingerprint density at radius 3 is 2.52 bits per heavy atom. The quantitative estimate of drug-likeness (QED) is 0.480. The zero-order valence-corrected chi connectivity index (χ0v) is 15.2. The molecule has 9 heteroatoms. The summed E-state index contributed by atoms with van der Waals surface area (Å²) in [6.45, 7) is 0. The Morgan fingerprint density at radius 2 is 1.78 bits per heavy atom. The Kier molecular flexibility index (Phi) is 4.67. The van der Waals surface area contributed by atoms with E-state index >= 15 is 0 Å². The summed E-state index contributed by atoms with van der Waals surface area (Å²) in [6, 6.07) is 10.7. The number of fused-ring (bicyclic) bond motifs is 1. The van der Waals surface area contributed by atoms with E-state index in [1.807, 2.05) is 12.1 Å². The van der Waals surface area contributed by atoms with Crippen molar-refractivity contribution in [3.63, 3.8) is 0 Å². The van der Waals surface area contributed by atoms with Gasteiger partial charge in [0.2, 0.25) is 5.65 Å². The van der Waals surface area contributed by atoms with E-state index in [0.29, 0.717) is 15.9 Å². The van der Waals surface area contributed by atoms with Crippen molar-refractivity contribution >= 4 is 29.0 Å². The van der Waals surface area contributed by atoms with Crippen molar-refractivity contribution in [2.75, 3.05) is 0 Å². The van der Waals surface area contributed by atoms with Gasteiger partial charge in [-0.25, -0.2) is 8.78 Å². The average Bonchev–Trinajstić information content (AvgIpc) is 3.08.